The normalized spacial score (nSPS) is 19.6. The lowest BCUT2D eigenvalue weighted by atomic mass is 10.1. The summed E-state index contributed by atoms with van der Waals surface area (Å²) in [5, 5.41) is 9.00. The lowest BCUT2D eigenvalue weighted by molar-refractivity contribution is -0.141. The first-order chi connectivity index (χ1) is 10.0. The van der Waals surface area contributed by atoms with E-state index < -0.39 is 11.9 Å². The number of hydrogen-bond acceptors (Lipinski definition) is 3. The van der Waals surface area contributed by atoms with Gasteiger partial charge in [-0.15, -0.1) is 0 Å². The monoisotopic (exact) mass is 291 g/mol. The summed E-state index contributed by atoms with van der Waals surface area (Å²) in [6.07, 6.45) is 1.80. The largest absolute Gasteiger partial charge is 0.497 e. The summed E-state index contributed by atoms with van der Waals surface area (Å²) in [7, 11) is 1.63. The van der Waals surface area contributed by atoms with Gasteiger partial charge in [0.15, 0.2) is 0 Å². The second-order valence-corrected chi connectivity index (χ2v) is 5.52. The lowest BCUT2D eigenvalue weighted by Crippen LogP contribution is -2.35. The first kappa shape index (κ1) is 15.4. The number of carboxylic acids is 1. The smallest absolute Gasteiger partial charge is 0.308 e. The molecule has 2 rings (SSSR count). The number of aliphatic carboxylic acids is 1. The van der Waals surface area contributed by atoms with Gasteiger partial charge in [0.1, 0.15) is 5.75 Å². The maximum atomic E-state index is 11.9. The fraction of sp³-hybridized carbons (Fsp3) is 0.500. The number of carbonyl (C=O) groups is 2. The molecule has 0 aromatic heterocycles. The predicted octanol–water partition coefficient (Wildman–Crippen LogP) is 1.95. The number of ether oxygens (including phenoxy) is 1. The second kappa shape index (κ2) is 6.61. The van der Waals surface area contributed by atoms with Gasteiger partial charge in [-0.2, -0.15) is 0 Å². The molecule has 114 valence electrons. The molecule has 0 aliphatic carbocycles. The molecule has 2 atom stereocenters. The Labute approximate surface area is 124 Å². The average molecular weight is 291 g/mol. The van der Waals surface area contributed by atoms with Crippen molar-refractivity contribution < 1.29 is 19.4 Å². The van der Waals surface area contributed by atoms with Crippen molar-refractivity contribution in [1.29, 1.82) is 0 Å². The Morgan fingerprint density at radius 1 is 1.43 bits per heavy atom. The minimum absolute atomic E-state index is 0.0513. The van der Waals surface area contributed by atoms with Gasteiger partial charge in [0.25, 0.3) is 0 Å². The van der Waals surface area contributed by atoms with Gasteiger partial charge in [0.2, 0.25) is 5.91 Å². The standard InChI is InChI=1S/C16H21NO4/c1-11(17-10-13(16(19)20)9-15(17)18)3-4-12-5-7-14(21-2)8-6-12/h5-8,11,13H,3-4,9-10H2,1-2H3,(H,19,20). The second-order valence-electron chi connectivity index (χ2n) is 5.52. The number of likely N-dealkylation sites (tertiary alicyclic amines) is 1. The molecule has 0 bridgehead atoms. The summed E-state index contributed by atoms with van der Waals surface area (Å²) in [5.74, 6) is -0.662. The van der Waals surface area contributed by atoms with Crippen molar-refractivity contribution in [2.75, 3.05) is 13.7 Å². The SMILES string of the molecule is COc1ccc(CCC(C)N2CC(C(=O)O)CC2=O)cc1. The fourth-order valence-corrected chi connectivity index (χ4v) is 2.65. The van der Waals surface area contributed by atoms with E-state index >= 15 is 0 Å². The van der Waals surface area contributed by atoms with Crippen molar-refractivity contribution >= 4 is 11.9 Å². The van der Waals surface area contributed by atoms with Crippen molar-refractivity contribution in [1.82, 2.24) is 4.90 Å². The summed E-state index contributed by atoms with van der Waals surface area (Å²) >= 11 is 0. The Bertz CT molecular complexity index is 512. The lowest BCUT2D eigenvalue weighted by Gasteiger charge is -2.24. The third-order valence-corrected chi connectivity index (χ3v) is 4.05. The number of hydrogen-bond donors (Lipinski definition) is 1. The van der Waals surface area contributed by atoms with Gasteiger partial charge in [-0.05, 0) is 37.5 Å². The average Bonchev–Trinajstić information content (AvgIpc) is 2.87. The molecule has 0 radical (unpaired) electrons. The molecule has 1 fully saturated rings. The maximum Gasteiger partial charge on any atom is 0.308 e. The van der Waals surface area contributed by atoms with E-state index in [0.717, 1.165) is 18.6 Å². The summed E-state index contributed by atoms with van der Waals surface area (Å²) in [4.78, 5) is 24.5. The van der Waals surface area contributed by atoms with E-state index in [9.17, 15) is 9.59 Å². The van der Waals surface area contributed by atoms with E-state index in [-0.39, 0.29) is 18.4 Å². The maximum absolute atomic E-state index is 11.9. The minimum Gasteiger partial charge on any atom is -0.497 e. The van der Waals surface area contributed by atoms with Crippen LogP contribution in [0.1, 0.15) is 25.3 Å². The molecule has 1 aliphatic heterocycles. The van der Waals surface area contributed by atoms with Gasteiger partial charge in [-0.25, -0.2) is 0 Å². The van der Waals surface area contributed by atoms with Crippen LogP contribution in [-0.4, -0.2) is 41.6 Å². The molecular weight excluding hydrogens is 270 g/mol. The molecule has 1 amide bonds. The van der Waals surface area contributed by atoms with E-state index in [1.807, 2.05) is 31.2 Å². The number of carboxylic acid groups (broad SMARTS) is 1. The van der Waals surface area contributed by atoms with Crippen LogP contribution >= 0.6 is 0 Å². The van der Waals surface area contributed by atoms with Crippen molar-refractivity contribution in [2.45, 2.75) is 32.2 Å². The van der Waals surface area contributed by atoms with Gasteiger partial charge < -0.3 is 14.7 Å². The number of benzene rings is 1. The Balaban J connectivity index is 1.88. The predicted molar refractivity (Wildman–Crippen MR) is 78.2 cm³/mol. The van der Waals surface area contributed by atoms with E-state index in [4.69, 9.17) is 9.84 Å². The molecular formula is C16H21NO4. The summed E-state index contributed by atoms with van der Waals surface area (Å²) in [6, 6.07) is 7.92. The molecule has 1 saturated heterocycles. The summed E-state index contributed by atoms with van der Waals surface area (Å²) in [5.41, 5.74) is 1.18. The van der Waals surface area contributed by atoms with Crippen LogP contribution in [-0.2, 0) is 16.0 Å². The number of carbonyl (C=O) groups excluding carboxylic acids is 1. The summed E-state index contributed by atoms with van der Waals surface area (Å²) < 4.78 is 5.12. The Morgan fingerprint density at radius 3 is 2.62 bits per heavy atom. The highest BCUT2D eigenvalue weighted by molar-refractivity contribution is 5.86. The molecule has 2 unspecified atom stereocenters. The molecule has 1 aliphatic rings. The van der Waals surface area contributed by atoms with Gasteiger partial charge in [-0.3, -0.25) is 9.59 Å². The number of amides is 1. The summed E-state index contributed by atoms with van der Waals surface area (Å²) in [6.45, 7) is 2.31. The highest BCUT2D eigenvalue weighted by Crippen LogP contribution is 2.22. The number of aryl methyl sites for hydroxylation is 1. The Hall–Kier alpha value is -2.04. The third-order valence-electron chi connectivity index (χ3n) is 4.05. The highest BCUT2D eigenvalue weighted by atomic mass is 16.5. The molecule has 1 aromatic rings. The minimum atomic E-state index is -0.881. The molecule has 1 N–H and O–H groups in total. The van der Waals surface area contributed by atoms with E-state index in [2.05, 4.69) is 0 Å². The van der Waals surface area contributed by atoms with Crippen LogP contribution in [0.2, 0.25) is 0 Å². The topological polar surface area (TPSA) is 66.8 Å². The molecule has 0 saturated carbocycles. The zero-order valence-corrected chi connectivity index (χ0v) is 12.4. The molecule has 5 nitrogen and oxygen atoms in total. The molecule has 0 spiro atoms. The molecule has 5 heteroatoms. The van der Waals surface area contributed by atoms with Crippen molar-refractivity contribution in [3.63, 3.8) is 0 Å². The fourth-order valence-electron chi connectivity index (χ4n) is 2.65. The van der Waals surface area contributed by atoms with E-state index in [1.54, 1.807) is 12.0 Å². The first-order valence-corrected chi connectivity index (χ1v) is 7.16. The third kappa shape index (κ3) is 3.74. The molecule has 21 heavy (non-hydrogen) atoms. The first-order valence-electron chi connectivity index (χ1n) is 7.16. The van der Waals surface area contributed by atoms with E-state index in [1.165, 1.54) is 5.56 Å². The van der Waals surface area contributed by atoms with Crippen LogP contribution in [0.15, 0.2) is 24.3 Å². The van der Waals surface area contributed by atoms with Gasteiger partial charge >= 0.3 is 5.97 Å². The number of nitrogens with zero attached hydrogens (tertiary/aromatic N) is 1. The quantitative estimate of drug-likeness (QED) is 0.870. The van der Waals surface area contributed by atoms with Crippen LogP contribution in [0, 0.1) is 5.92 Å². The van der Waals surface area contributed by atoms with Gasteiger partial charge in [-0.1, -0.05) is 12.1 Å². The van der Waals surface area contributed by atoms with Gasteiger partial charge in [0.05, 0.1) is 13.0 Å². The van der Waals surface area contributed by atoms with Crippen molar-refractivity contribution in [2.24, 2.45) is 5.92 Å². The molecule has 1 heterocycles. The highest BCUT2D eigenvalue weighted by Gasteiger charge is 2.36. The van der Waals surface area contributed by atoms with Crippen molar-refractivity contribution in [3.8, 4) is 5.75 Å². The van der Waals surface area contributed by atoms with Crippen LogP contribution in [0.4, 0.5) is 0 Å². The Kier molecular flexibility index (Phi) is 4.83. The van der Waals surface area contributed by atoms with Crippen LogP contribution in [0.5, 0.6) is 5.75 Å². The zero-order valence-electron chi connectivity index (χ0n) is 12.4. The van der Waals surface area contributed by atoms with Crippen LogP contribution < -0.4 is 4.74 Å². The Morgan fingerprint density at radius 2 is 2.10 bits per heavy atom. The van der Waals surface area contributed by atoms with E-state index in [0.29, 0.717) is 6.54 Å². The van der Waals surface area contributed by atoms with Crippen LogP contribution in [0.3, 0.4) is 0 Å². The van der Waals surface area contributed by atoms with Crippen molar-refractivity contribution in [3.05, 3.63) is 29.8 Å². The van der Waals surface area contributed by atoms with Crippen LogP contribution in [0.25, 0.3) is 0 Å². The number of methoxy groups -OCH3 is 1. The number of rotatable bonds is 6. The zero-order chi connectivity index (χ0) is 15.4. The molecule has 1 aromatic carbocycles. The van der Waals surface area contributed by atoms with Gasteiger partial charge in [0, 0.05) is 19.0 Å².